The fourth-order valence-corrected chi connectivity index (χ4v) is 2.27. The summed E-state index contributed by atoms with van der Waals surface area (Å²) in [5.74, 6) is 0.391. The van der Waals surface area contributed by atoms with Crippen LogP contribution in [0, 0.1) is 0 Å². The van der Waals surface area contributed by atoms with Gasteiger partial charge in [0.25, 0.3) is 5.91 Å². The summed E-state index contributed by atoms with van der Waals surface area (Å²) < 4.78 is 5.19. The van der Waals surface area contributed by atoms with E-state index >= 15 is 0 Å². The molecule has 2 rings (SSSR count). The maximum absolute atomic E-state index is 12.3. The molecule has 2 aromatic carbocycles. The lowest BCUT2D eigenvalue weighted by Crippen LogP contribution is -2.14. The van der Waals surface area contributed by atoms with Gasteiger partial charge in [-0.25, -0.2) is 0 Å². The molecule has 1 N–H and O–H groups in total. The summed E-state index contributed by atoms with van der Waals surface area (Å²) in [6.45, 7) is 0. The zero-order chi connectivity index (χ0) is 13.7. The number of nitrogens with one attached hydrogen (secondary N) is 1. The Labute approximate surface area is 120 Å². The molecule has 0 aromatic heterocycles. The molecule has 1 amide bonds. The number of ether oxygens (including phenoxy) is 1. The fourth-order valence-electron chi connectivity index (χ4n) is 1.78. The van der Waals surface area contributed by atoms with E-state index in [2.05, 4.69) is 21.2 Å². The summed E-state index contributed by atoms with van der Waals surface area (Å²) >= 11 is 3.41. The van der Waals surface area contributed by atoms with Crippen molar-refractivity contribution in [3.05, 3.63) is 59.7 Å². The van der Waals surface area contributed by atoms with E-state index in [9.17, 15) is 4.79 Å². The Kier molecular flexibility index (Phi) is 4.58. The first-order valence-electron chi connectivity index (χ1n) is 5.84. The largest absolute Gasteiger partial charge is 0.496 e. The second-order valence-electron chi connectivity index (χ2n) is 3.95. The average Bonchev–Trinajstić information content (AvgIpc) is 2.47. The lowest BCUT2D eigenvalue weighted by atomic mass is 10.1. The Morgan fingerprint density at radius 1 is 1.16 bits per heavy atom. The normalized spacial score (nSPS) is 10.0. The molecule has 0 radical (unpaired) electrons. The van der Waals surface area contributed by atoms with Crippen LogP contribution in [0.25, 0.3) is 0 Å². The van der Waals surface area contributed by atoms with Gasteiger partial charge in [-0.2, -0.15) is 0 Å². The highest BCUT2D eigenvalue weighted by Crippen LogP contribution is 2.22. The van der Waals surface area contributed by atoms with Crippen LogP contribution in [0.1, 0.15) is 15.9 Å². The lowest BCUT2D eigenvalue weighted by Gasteiger charge is -2.11. The van der Waals surface area contributed by atoms with Gasteiger partial charge in [-0.3, -0.25) is 4.79 Å². The number of carbonyl (C=O) groups is 1. The lowest BCUT2D eigenvalue weighted by molar-refractivity contribution is 0.102. The van der Waals surface area contributed by atoms with Gasteiger partial charge in [0.2, 0.25) is 0 Å². The molecular weight excluding hydrogens is 306 g/mol. The molecule has 0 saturated carbocycles. The number of alkyl halides is 1. The van der Waals surface area contributed by atoms with E-state index in [1.807, 2.05) is 36.4 Å². The number of hydrogen-bond donors (Lipinski definition) is 1. The third kappa shape index (κ3) is 3.15. The van der Waals surface area contributed by atoms with Crippen LogP contribution in [0.4, 0.5) is 5.69 Å². The first kappa shape index (κ1) is 13.6. The molecule has 19 heavy (non-hydrogen) atoms. The fraction of sp³-hybridized carbons (Fsp3) is 0.133. The van der Waals surface area contributed by atoms with Crippen LogP contribution in [-0.4, -0.2) is 13.0 Å². The summed E-state index contributed by atoms with van der Waals surface area (Å²) in [6.07, 6.45) is 0. The van der Waals surface area contributed by atoms with E-state index in [1.165, 1.54) is 0 Å². The maximum Gasteiger partial charge on any atom is 0.259 e. The second kappa shape index (κ2) is 6.38. The number of rotatable bonds is 4. The Balaban J connectivity index is 2.26. The van der Waals surface area contributed by atoms with Gasteiger partial charge < -0.3 is 10.1 Å². The van der Waals surface area contributed by atoms with Gasteiger partial charge in [0.15, 0.2) is 0 Å². The third-order valence-electron chi connectivity index (χ3n) is 2.76. The molecule has 0 bridgehead atoms. The van der Waals surface area contributed by atoms with Crippen LogP contribution in [0.2, 0.25) is 0 Å². The van der Waals surface area contributed by atoms with E-state index in [0.29, 0.717) is 16.6 Å². The molecule has 0 spiro atoms. The summed E-state index contributed by atoms with van der Waals surface area (Å²) in [7, 11) is 1.55. The molecule has 4 heteroatoms. The smallest absolute Gasteiger partial charge is 0.259 e. The molecular formula is C15H14BrNO2. The van der Waals surface area contributed by atoms with Crippen molar-refractivity contribution in [3.63, 3.8) is 0 Å². The van der Waals surface area contributed by atoms with Crippen molar-refractivity contribution in [2.45, 2.75) is 5.33 Å². The van der Waals surface area contributed by atoms with Crippen LogP contribution in [0.15, 0.2) is 48.5 Å². The average molecular weight is 320 g/mol. The number of halogens is 1. The minimum atomic E-state index is -0.175. The van der Waals surface area contributed by atoms with Gasteiger partial charge >= 0.3 is 0 Å². The summed E-state index contributed by atoms with van der Waals surface area (Å²) in [5, 5.41) is 3.59. The van der Waals surface area contributed by atoms with Crippen molar-refractivity contribution in [2.24, 2.45) is 0 Å². The van der Waals surface area contributed by atoms with Gasteiger partial charge in [0, 0.05) is 11.0 Å². The minimum Gasteiger partial charge on any atom is -0.496 e. The predicted octanol–water partition coefficient (Wildman–Crippen LogP) is 3.84. The van der Waals surface area contributed by atoms with Crippen molar-refractivity contribution < 1.29 is 9.53 Å². The van der Waals surface area contributed by atoms with Crippen molar-refractivity contribution in [3.8, 4) is 5.75 Å². The summed E-state index contributed by atoms with van der Waals surface area (Å²) in [6, 6.07) is 14.8. The highest BCUT2D eigenvalue weighted by molar-refractivity contribution is 9.08. The quantitative estimate of drug-likeness (QED) is 0.869. The first-order chi connectivity index (χ1) is 9.26. The van der Waals surface area contributed by atoms with Crippen molar-refractivity contribution in [1.82, 2.24) is 0 Å². The number of amides is 1. The molecule has 0 aliphatic heterocycles. The highest BCUT2D eigenvalue weighted by atomic mass is 79.9. The first-order valence-corrected chi connectivity index (χ1v) is 6.96. The Morgan fingerprint density at radius 3 is 2.58 bits per heavy atom. The minimum absolute atomic E-state index is 0.175. The molecule has 0 heterocycles. The molecule has 0 fully saturated rings. The van der Waals surface area contributed by atoms with Crippen LogP contribution >= 0.6 is 15.9 Å². The number of anilines is 1. The number of methoxy groups -OCH3 is 1. The number of para-hydroxylation sites is 2. The second-order valence-corrected chi connectivity index (χ2v) is 4.51. The van der Waals surface area contributed by atoms with Crippen LogP contribution < -0.4 is 10.1 Å². The van der Waals surface area contributed by atoms with Crippen LogP contribution in [-0.2, 0) is 5.33 Å². The molecule has 0 aliphatic carbocycles. The number of hydrogen-bond acceptors (Lipinski definition) is 2. The predicted molar refractivity (Wildman–Crippen MR) is 80.0 cm³/mol. The standard InChI is InChI=1S/C15H14BrNO2/c1-19-14-9-5-3-7-12(14)15(18)17-13-8-4-2-6-11(13)10-16/h2-9H,10H2,1H3,(H,17,18). The molecule has 0 unspecified atom stereocenters. The van der Waals surface area contributed by atoms with Gasteiger partial charge in [-0.05, 0) is 23.8 Å². The van der Waals surface area contributed by atoms with Gasteiger partial charge in [-0.15, -0.1) is 0 Å². The maximum atomic E-state index is 12.3. The number of benzene rings is 2. The van der Waals surface area contributed by atoms with E-state index in [0.717, 1.165) is 11.3 Å². The zero-order valence-electron chi connectivity index (χ0n) is 10.5. The van der Waals surface area contributed by atoms with E-state index in [4.69, 9.17) is 4.74 Å². The van der Waals surface area contributed by atoms with Crippen molar-refractivity contribution in [1.29, 1.82) is 0 Å². The molecule has 0 atom stereocenters. The Hall–Kier alpha value is -1.81. The highest BCUT2D eigenvalue weighted by Gasteiger charge is 2.12. The van der Waals surface area contributed by atoms with E-state index < -0.39 is 0 Å². The molecule has 98 valence electrons. The number of carbonyl (C=O) groups excluding carboxylic acids is 1. The molecule has 0 saturated heterocycles. The van der Waals surface area contributed by atoms with Gasteiger partial charge in [-0.1, -0.05) is 46.3 Å². The SMILES string of the molecule is COc1ccccc1C(=O)Nc1ccccc1CBr. The Morgan fingerprint density at radius 2 is 1.84 bits per heavy atom. The van der Waals surface area contributed by atoms with Gasteiger partial charge in [0.1, 0.15) is 5.75 Å². The van der Waals surface area contributed by atoms with Crippen molar-refractivity contribution >= 4 is 27.5 Å². The third-order valence-corrected chi connectivity index (χ3v) is 3.37. The van der Waals surface area contributed by atoms with E-state index in [-0.39, 0.29) is 5.91 Å². The van der Waals surface area contributed by atoms with Crippen LogP contribution in [0.5, 0.6) is 5.75 Å². The summed E-state index contributed by atoms with van der Waals surface area (Å²) in [5.41, 5.74) is 2.36. The molecule has 2 aromatic rings. The van der Waals surface area contributed by atoms with Crippen molar-refractivity contribution in [2.75, 3.05) is 12.4 Å². The Bertz CT molecular complexity index is 584. The topological polar surface area (TPSA) is 38.3 Å². The van der Waals surface area contributed by atoms with Gasteiger partial charge in [0.05, 0.1) is 12.7 Å². The van der Waals surface area contributed by atoms with E-state index in [1.54, 1.807) is 19.2 Å². The summed E-state index contributed by atoms with van der Waals surface area (Å²) in [4.78, 5) is 12.3. The molecule has 3 nitrogen and oxygen atoms in total. The monoisotopic (exact) mass is 319 g/mol. The van der Waals surface area contributed by atoms with Crippen LogP contribution in [0.3, 0.4) is 0 Å². The molecule has 0 aliphatic rings. The zero-order valence-corrected chi connectivity index (χ0v) is 12.1.